The summed E-state index contributed by atoms with van der Waals surface area (Å²) in [5.74, 6) is 1.05. The number of hydrogen-bond donors (Lipinski definition) is 2. The second kappa shape index (κ2) is 4.97. The van der Waals surface area contributed by atoms with Crippen LogP contribution < -0.4 is 5.73 Å². The quantitative estimate of drug-likeness (QED) is 0.886. The third kappa shape index (κ3) is 2.66. The molecule has 1 saturated carbocycles. The van der Waals surface area contributed by atoms with Crippen molar-refractivity contribution in [3.05, 3.63) is 29.6 Å². The van der Waals surface area contributed by atoms with Crippen molar-refractivity contribution in [2.45, 2.75) is 57.4 Å². The van der Waals surface area contributed by atoms with E-state index in [1.54, 1.807) is 0 Å². The topological polar surface area (TPSA) is 54.7 Å². The van der Waals surface area contributed by atoms with Crippen LogP contribution in [0.25, 0.3) is 11.0 Å². The fourth-order valence-electron chi connectivity index (χ4n) is 3.18. The fourth-order valence-corrected chi connectivity index (χ4v) is 3.18. The van der Waals surface area contributed by atoms with E-state index in [1.807, 2.05) is 0 Å². The SMILES string of the molecule is CCc1ccc2nc(CC3(N)CCCCC3)[nH]c2c1. The number of hydrogen-bond acceptors (Lipinski definition) is 2. The minimum atomic E-state index is -0.0420. The highest BCUT2D eigenvalue weighted by molar-refractivity contribution is 5.75. The van der Waals surface area contributed by atoms with Crippen LogP contribution in [0, 0.1) is 0 Å². The molecule has 0 aliphatic heterocycles. The Morgan fingerprint density at radius 3 is 2.79 bits per heavy atom. The third-order valence-corrected chi connectivity index (χ3v) is 4.37. The molecule has 0 spiro atoms. The minimum Gasteiger partial charge on any atom is -0.342 e. The van der Waals surface area contributed by atoms with Gasteiger partial charge in [-0.1, -0.05) is 32.3 Å². The van der Waals surface area contributed by atoms with Gasteiger partial charge in [-0.2, -0.15) is 0 Å². The molecule has 3 heteroatoms. The highest BCUT2D eigenvalue weighted by Crippen LogP contribution is 2.29. The van der Waals surface area contributed by atoms with Gasteiger partial charge >= 0.3 is 0 Å². The summed E-state index contributed by atoms with van der Waals surface area (Å²) in [6.45, 7) is 2.18. The van der Waals surface area contributed by atoms with Gasteiger partial charge in [0, 0.05) is 12.0 Å². The van der Waals surface area contributed by atoms with Crippen LogP contribution in [0.4, 0.5) is 0 Å². The molecule has 0 atom stereocenters. The van der Waals surface area contributed by atoms with Crippen LogP contribution in [0.3, 0.4) is 0 Å². The lowest BCUT2D eigenvalue weighted by molar-refractivity contribution is 0.290. The predicted molar refractivity (Wildman–Crippen MR) is 79.2 cm³/mol. The number of nitrogens with two attached hydrogens (primary N) is 1. The summed E-state index contributed by atoms with van der Waals surface area (Å²) in [4.78, 5) is 8.14. The zero-order valence-electron chi connectivity index (χ0n) is 11.7. The number of rotatable bonds is 3. The number of fused-ring (bicyclic) bond motifs is 1. The molecule has 0 saturated heterocycles. The van der Waals surface area contributed by atoms with Crippen molar-refractivity contribution in [3.63, 3.8) is 0 Å². The van der Waals surface area contributed by atoms with Crippen LogP contribution in [0.5, 0.6) is 0 Å². The number of imidazole rings is 1. The van der Waals surface area contributed by atoms with E-state index in [0.29, 0.717) is 0 Å². The van der Waals surface area contributed by atoms with Crippen molar-refractivity contribution < 1.29 is 0 Å². The summed E-state index contributed by atoms with van der Waals surface area (Å²) >= 11 is 0. The van der Waals surface area contributed by atoms with E-state index in [2.05, 4.69) is 30.1 Å². The first-order chi connectivity index (χ1) is 9.18. The van der Waals surface area contributed by atoms with Crippen molar-refractivity contribution in [2.24, 2.45) is 5.73 Å². The molecular weight excluding hydrogens is 234 g/mol. The molecule has 1 aromatic carbocycles. The number of nitrogens with one attached hydrogen (secondary N) is 1. The lowest BCUT2D eigenvalue weighted by Crippen LogP contribution is -2.44. The molecular formula is C16H23N3. The van der Waals surface area contributed by atoms with E-state index in [1.165, 1.54) is 24.8 Å². The summed E-state index contributed by atoms with van der Waals surface area (Å²) in [5, 5.41) is 0. The average molecular weight is 257 g/mol. The van der Waals surface area contributed by atoms with Gasteiger partial charge in [0.2, 0.25) is 0 Å². The van der Waals surface area contributed by atoms with Crippen LogP contribution in [-0.4, -0.2) is 15.5 Å². The lowest BCUT2D eigenvalue weighted by atomic mass is 9.80. The Kier molecular flexibility index (Phi) is 3.31. The number of aryl methyl sites for hydroxylation is 1. The van der Waals surface area contributed by atoms with Crippen LogP contribution in [0.2, 0.25) is 0 Å². The van der Waals surface area contributed by atoms with Gasteiger partial charge in [0.15, 0.2) is 0 Å². The van der Waals surface area contributed by atoms with Gasteiger partial charge in [-0.3, -0.25) is 0 Å². The van der Waals surface area contributed by atoms with E-state index in [-0.39, 0.29) is 5.54 Å². The summed E-state index contributed by atoms with van der Waals surface area (Å²) in [5.41, 5.74) is 10.0. The van der Waals surface area contributed by atoms with Crippen molar-refractivity contribution >= 4 is 11.0 Å². The predicted octanol–water partition coefficient (Wildman–Crippen LogP) is 3.33. The van der Waals surface area contributed by atoms with Gasteiger partial charge in [0.1, 0.15) is 5.82 Å². The smallest absolute Gasteiger partial charge is 0.109 e. The fraction of sp³-hybridized carbons (Fsp3) is 0.562. The van der Waals surface area contributed by atoms with Gasteiger partial charge in [-0.15, -0.1) is 0 Å². The molecule has 1 aliphatic rings. The largest absolute Gasteiger partial charge is 0.342 e. The summed E-state index contributed by atoms with van der Waals surface area (Å²) < 4.78 is 0. The van der Waals surface area contributed by atoms with Crippen LogP contribution in [0.15, 0.2) is 18.2 Å². The molecule has 19 heavy (non-hydrogen) atoms. The first-order valence-corrected chi connectivity index (χ1v) is 7.45. The van der Waals surface area contributed by atoms with Gasteiger partial charge in [0.25, 0.3) is 0 Å². The molecule has 102 valence electrons. The summed E-state index contributed by atoms with van der Waals surface area (Å²) in [7, 11) is 0. The highest BCUT2D eigenvalue weighted by Gasteiger charge is 2.28. The lowest BCUT2D eigenvalue weighted by Gasteiger charge is -2.32. The van der Waals surface area contributed by atoms with E-state index >= 15 is 0 Å². The van der Waals surface area contributed by atoms with Crippen LogP contribution in [-0.2, 0) is 12.8 Å². The van der Waals surface area contributed by atoms with E-state index in [9.17, 15) is 0 Å². The van der Waals surface area contributed by atoms with Crippen LogP contribution in [0.1, 0.15) is 50.4 Å². The Bertz CT molecular complexity index is 564. The molecule has 1 aromatic heterocycles. The zero-order chi connectivity index (χ0) is 13.3. The van der Waals surface area contributed by atoms with Crippen molar-refractivity contribution in [1.82, 2.24) is 9.97 Å². The molecule has 2 aromatic rings. The van der Waals surface area contributed by atoms with Gasteiger partial charge < -0.3 is 10.7 Å². The maximum absolute atomic E-state index is 6.51. The average Bonchev–Trinajstić information content (AvgIpc) is 2.79. The Balaban J connectivity index is 1.84. The number of aromatic nitrogens is 2. The molecule has 0 bridgehead atoms. The number of nitrogens with zero attached hydrogens (tertiary/aromatic N) is 1. The van der Waals surface area contributed by atoms with Crippen LogP contribution >= 0.6 is 0 Å². The van der Waals surface area contributed by atoms with Gasteiger partial charge in [-0.05, 0) is 37.0 Å². The first-order valence-electron chi connectivity index (χ1n) is 7.45. The Morgan fingerprint density at radius 1 is 1.26 bits per heavy atom. The normalized spacial score (nSPS) is 18.8. The van der Waals surface area contributed by atoms with Gasteiger partial charge in [-0.25, -0.2) is 4.98 Å². The Morgan fingerprint density at radius 2 is 2.05 bits per heavy atom. The molecule has 0 amide bonds. The molecule has 0 radical (unpaired) electrons. The number of aromatic amines is 1. The second-order valence-electron chi connectivity index (χ2n) is 5.99. The first kappa shape index (κ1) is 12.7. The highest BCUT2D eigenvalue weighted by atomic mass is 14.9. The van der Waals surface area contributed by atoms with E-state index in [0.717, 1.165) is 42.5 Å². The monoisotopic (exact) mass is 257 g/mol. The molecule has 1 fully saturated rings. The summed E-state index contributed by atoms with van der Waals surface area (Å²) in [6, 6.07) is 6.47. The summed E-state index contributed by atoms with van der Waals surface area (Å²) in [6.07, 6.45) is 8.05. The Labute approximate surface area is 114 Å². The maximum atomic E-state index is 6.51. The van der Waals surface area contributed by atoms with Gasteiger partial charge in [0.05, 0.1) is 11.0 Å². The van der Waals surface area contributed by atoms with Crippen molar-refractivity contribution in [1.29, 1.82) is 0 Å². The van der Waals surface area contributed by atoms with E-state index in [4.69, 9.17) is 10.7 Å². The second-order valence-corrected chi connectivity index (χ2v) is 5.99. The Hall–Kier alpha value is -1.35. The standard InChI is InChI=1S/C16H23N3/c1-2-12-6-7-13-14(10-12)19-15(18-13)11-16(17)8-4-3-5-9-16/h6-7,10H,2-5,8-9,11,17H2,1H3,(H,18,19). The molecule has 3 nitrogen and oxygen atoms in total. The molecule has 1 heterocycles. The zero-order valence-corrected chi connectivity index (χ0v) is 11.7. The minimum absolute atomic E-state index is 0.0420. The molecule has 3 rings (SSSR count). The molecule has 3 N–H and O–H groups in total. The maximum Gasteiger partial charge on any atom is 0.109 e. The van der Waals surface area contributed by atoms with Crippen molar-refractivity contribution in [2.75, 3.05) is 0 Å². The molecule has 0 unspecified atom stereocenters. The number of H-pyrrole nitrogens is 1. The molecule has 1 aliphatic carbocycles. The third-order valence-electron chi connectivity index (χ3n) is 4.37. The van der Waals surface area contributed by atoms with E-state index < -0.39 is 0 Å². The number of benzene rings is 1. The van der Waals surface area contributed by atoms with Crippen molar-refractivity contribution in [3.8, 4) is 0 Å².